The molecule has 18 heavy (non-hydrogen) atoms. The second-order valence-corrected chi connectivity index (χ2v) is 3.95. The first kappa shape index (κ1) is 14.3. The molecule has 0 unspecified atom stereocenters. The van der Waals surface area contributed by atoms with Crippen LogP contribution in [0.5, 0.6) is 5.75 Å². The van der Waals surface area contributed by atoms with Gasteiger partial charge >= 0.3 is 5.97 Å². The Morgan fingerprint density at radius 1 is 1.44 bits per heavy atom. The Labute approximate surface area is 107 Å². The van der Waals surface area contributed by atoms with Crippen molar-refractivity contribution in [1.29, 1.82) is 0 Å². The quantitative estimate of drug-likeness (QED) is 0.479. The number of benzene rings is 1. The van der Waals surface area contributed by atoms with Crippen LogP contribution in [0.3, 0.4) is 0 Å². The van der Waals surface area contributed by atoms with Crippen LogP contribution in [0.4, 0.5) is 5.69 Å². The highest BCUT2D eigenvalue weighted by molar-refractivity contribution is 5.66. The molecule has 100 valence electrons. The summed E-state index contributed by atoms with van der Waals surface area (Å²) in [5.41, 5.74) is 7.60. The van der Waals surface area contributed by atoms with Crippen molar-refractivity contribution in [2.75, 3.05) is 25.4 Å². The summed E-state index contributed by atoms with van der Waals surface area (Å²) in [6, 6.07) is 5.73. The van der Waals surface area contributed by atoms with Crippen molar-refractivity contribution >= 4 is 11.7 Å². The van der Waals surface area contributed by atoms with Gasteiger partial charge in [-0.15, -0.1) is 0 Å². The number of carboxylic acid groups (broad SMARTS) is 1. The van der Waals surface area contributed by atoms with Crippen molar-refractivity contribution in [3.8, 4) is 5.75 Å². The normalized spacial score (nSPS) is 10.3. The molecule has 0 aromatic heterocycles. The molecule has 0 radical (unpaired) electrons. The number of aliphatic carboxylic acids is 1. The molecular formula is C13H20N2O3. The van der Waals surface area contributed by atoms with Gasteiger partial charge in [0.05, 0.1) is 18.7 Å². The molecule has 1 rings (SSSR count). The summed E-state index contributed by atoms with van der Waals surface area (Å²) in [4.78, 5) is 10.3. The van der Waals surface area contributed by atoms with Crippen LogP contribution < -0.4 is 15.8 Å². The molecule has 1 aromatic rings. The first-order chi connectivity index (χ1) is 8.63. The summed E-state index contributed by atoms with van der Waals surface area (Å²) in [6.07, 6.45) is 0.960. The molecule has 0 aliphatic rings. The lowest BCUT2D eigenvalue weighted by Gasteiger charge is -2.09. The van der Waals surface area contributed by atoms with Crippen LogP contribution in [-0.4, -0.2) is 30.8 Å². The summed E-state index contributed by atoms with van der Waals surface area (Å²) in [5.74, 6) is -0.0760. The summed E-state index contributed by atoms with van der Waals surface area (Å²) < 4.78 is 5.36. The van der Waals surface area contributed by atoms with Gasteiger partial charge in [-0.2, -0.15) is 0 Å². The topological polar surface area (TPSA) is 84.6 Å². The number of anilines is 1. The van der Waals surface area contributed by atoms with Gasteiger partial charge in [0.1, 0.15) is 5.75 Å². The third-order valence-corrected chi connectivity index (χ3v) is 2.48. The second-order valence-electron chi connectivity index (χ2n) is 3.95. The van der Waals surface area contributed by atoms with Crippen molar-refractivity contribution in [2.24, 2.45) is 0 Å². The Balaban J connectivity index is 2.34. The van der Waals surface area contributed by atoms with Gasteiger partial charge in [0.2, 0.25) is 0 Å². The highest BCUT2D eigenvalue weighted by Crippen LogP contribution is 2.22. The molecule has 0 aliphatic heterocycles. The number of carbonyl (C=O) groups is 1. The molecule has 0 saturated heterocycles. The van der Waals surface area contributed by atoms with Crippen LogP contribution in [0.2, 0.25) is 0 Å². The predicted molar refractivity (Wildman–Crippen MR) is 70.8 cm³/mol. The molecular weight excluding hydrogens is 232 g/mol. The average molecular weight is 252 g/mol. The number of hydrogen-bond donors (Lipinski definition) is 3. The summed E-state index contributed by atoms with van der Waals surface area (Å²) in [7, 11) is 0. The molecule has 5 nitrogen and oxygen atoms in total. The fourth-order valence-electron chi connectivity index (χ4n) is 1.59. The van der Waals surface area contributed by atoms with Crippen LogP contribution in [0.25, 0.3) is 0 Å². The van der Waals surface area contributed by atoms with E-state index in [1.807, 2.05) is 25.1 Å². The highest BCUT2D eigenvalue weighted by atomic mass is 16.5. The van der Waals surface area contributed by atoms with Gasteiger partial charge in [-0.3, -0.25) is 4.79 Å². The number of carboxylic acids is 1. The van der Waals surface area contributed by atoms with Crippen LogP contribution >= 0.6 is 0 Å². The SMILES string of the molecule is CCOc1ccc(CCNCCC(=O)O)cc1N. The van der Waals surface area contributed by atoms with Crippen molar-refractivity contribution in [3.05, 3.63) is 23.8 Å². The lowest BCUT2D eigenvalue weighted by atomic mass is 10.1. The van der Waals surface area contributed by atoms with E-state index in [1.165, 1.54) is 0 Å². The lowest BCUT2D eigenvalue weighted by Crippen LogP contribution is -2.20. The number of rotatable bonds is 8. The Morgan fingerprint density at radius 2 is 2.22 bits per heavy atom. The van der Waals surface area contributed by atoms with Crippen molar-refractivity contribution in [1.82, 2.24) is 5.32 Å². The maximum Gasteiger partial charge on any atom is 0.304 e. The van der Waals surface area contributed by atoms with E-state index in [0.29, 0.717) is 24.6 Å². The minimum atomic E-state index is -0.784. The summed E-state index contributed by atoms with van der Waals surface area (Å²) in [6.45, 7) is 3.74. The molecule has 5 heteroatoms. The van der Waals surface area contributed by atoms with E-state index in [9.17, 15) is 4.79 Å². The van der Waals surface area contributed by atoms with E-state index in [2.05, 4.69) is 5.32 Å². The number of nitrogens with one attached hydrogen (secondary N) is 1. The Hall–Kier alpha value is -1.75. The number of hydrogen-bond acceptors (Lipinski definition) is 4. The van der Waals surface area contributed by atoms with Gasteiger partial charge in [-0.1, -0.05) is 6.07 Å². The van der Waals surface area contributed by atoms with Crippen molar-refractivity contribution < 1.29 is 14.6 Å². The maximum absolute atomic E-state index is 10.3. The van der Waals surface area contributed by atoms with E-state index in [4.69, 9.17) is 15.6 Å². The maximum atomic E-state index is 10.3. The molecule has 0 spiro atoms. The van der Waals surface area contributed by atoms with E-state index in [0.717, 1.165) is 18.5 Å². The molecule has 1 aromatic carbocycles. The summed E-state index contributed by atoms with van der Waals surface area (Å²) >= 11 is 0. The smallest absolute Gasteiger partial charge is 0.304 e. The number of ether oxygens (including phenoxy) is 1. The van der Waals surface area contributed by atoms with Gasteiger partial charge < -0.3 is 20.9 Å². The molecule has 0 atom stereocenters. The van der Waals surface area contributed by atoms with E-state index >= 15 is 0 Å². The standard InChI is InChI=1S/C13H20N2O3/c1-2-18-12-4-3-10(9-11(12)14)5-7-15-8-6-13(16)17/h3-4,9,15H,2,5-8,14H2,1H3,(H,16,17). The Kier molecular flexibility index (Phi) is 6.00. The number of nitrogens with two attached hydrogens (primary N) is 1. The van der Waals surface area contributed by atoms with Crippen molar-refractivity contribution in [2.45, 2.75) is 19.8 Å². The van der Waals surface area contributed by atoms with Gasteiger partial charge in [-0.05, 0) is 37.6 Å². The molecule has 0 aliphatic carbocycles. The van der Waals surface area contributed by atoms with Gasteiger partial charge in [-0.25, -0.2) is 0 Å². The Morgan fingerprint density at radius 3 is 2.83 bits per heavy atom. The number of nitrogen functional groups attached to an aromatic ring is 1. The lowest BCUT2D eigenvalue weighted by molar-refractivity contribution is -0.136. The molecule has 0 bridgehead atoms. The molecule has 4 N–H and O–H groups in total. The molecule has 0 fully saturated rings. The first-order valence-corrected chi connectivity index (χ1v) is 6.07. The third kappa shape index (κ3) is 5.05. The highest BCUT2D eigenvalue weighted by Gasteiger charge is 2.01. The molecule has 0 saturated carbocycles. The van der Waals surface area contributed by atoms with Crippen LogP contribution in [0.15, 0.2) is 18.2 Å². The van der Waals surface area contributed by atoms with E-state index in [1.54, 1.807) is 0 Å². The minimum absolute atomic E-state index is 0.144. The van der Waals surface area contributed by atoms with E-state index in [-0.39, 0.29) is 6.42 Å². The van der Waals surface area contributed by atoms with Crippen LogP contribution in [0, 0.1) is 0 Å². The zero-order chi connectivity index (χ0) is 13.4. The third-order valence-electron chi connectivity index (χ3n) is 2.48. The molecule has 0 heterocycles. The Bertz CT molecular complexity index is 394. The minimum Gasteiger partial charge on any atom is -0.492 e. The average Bonchev–Trinajstić information content (AvgIpc) is 2.32. The van der Waals surface area contributed by atoms with Crippen LogP contribution in [-0.2, 0) is 11.2 Å². The predicted octanol–water partition coefficient (Wildman–Crippen LogP) is 1.27. The fourth-order valence-corrected chi connectivity index (χ4v) is 1.59. The van der Waals surface area contributed by atoms with Crippen molar-refractivity contribution in [3.63, 3.8) is 0 Å². The second kappa shape index (κ2) is 7.55. The zero-order valence-electron chi connectivity index (χ0n) is 10.6. The molecule has 0 amide bonds. The van der Waals surface area contributed by atoms with Crippen LogP contribution in [0.1, 0.15) is 18.9 Å². The largest absolute Gasteiger partial charge is 0.492 e. The van der Waals surface area contributed by atoms with Gasteiger partial charge in [0.25, 0.3) is 0 Å². The fraction of sp³-hybridized carbons (Fsp3) is 0.462. The van der Waals surface area contributed by atoms with Gasteiger partial charge in [0, 0.05) is 6.54 Å². The van der Waals surface area contributed by atoms with E-state index < -0.39 is 5.97 Å². The van der Waals surface area contributed by atoms with Gasteiger partial charge in [0.15, 0.2) is 0 Å². The first-order valence-electron chi connectivity index (χ1n) is 6.07. The monoisotopic (exact) mass is 252 g/mol. The summed E-state index contributed by atoms with van der Waals surface area (Å²) in [5, 5.41) is 11.5. The zero-order valence-corrected chi connectivity index (χ0v) is 10.6.